The van der Waals surface area contributed by atoms with Crippen molar-refractivity contribution in [3.63, 3.8) is 0 Å². The smallest absolute Gasteiger partial charge is 0.119 e. The van der Waals surface area contributed by atoms with E-state index in [9.17, 15) is 0 Å². The molecule has 3 rings (SSSR count). The van der Waals surface area contributed by atoms with Crippen LogP contribution in [0.2, 0.25) is 0 Å². The lowest BCUT2D eigenvalue weighted by atomic mass is 10.1. The van der Waals surface area contributed by atoms with Crippen molar-refractivity contribution in [3.05, 3.63) is 51.2 Å². The van der Waals surface area contributed by atoms with Gasteiger partial charge in [0.15, 0.2) is 0 Å². The number of fused-ring (bicyclic) bond motifs is 1. The van der Waals surface area contributed by atoms with E-state index in [0.717, 1.165) is 17.9 Å². The third kappa shape index (κ3) is 3.16. The van der Waals surface area contributed by atoms with Gasteiger partial charge in [-0.05, 0) is 47.9 Å². The van der Waals surface area contributed by atoms with Crippen LogP contribution >= 0.6 is 34.7 Å². The zero-order valence-corrected chi connectivity index (χ0v) is 13.8. The van der Waals surface area contributed by atoms with Gasteiger partial charge in [0.05, 0.1) is 12.5 Å². The Morgan fingerprint density at radius 2 is 2.25 bits per heavy atom. The van der Waals surface area contributed by atoms with Gasteiger partial charge in [0.25, 0.3) is 0 Å². The molecule has 0 aliphatic carbocycles. The molecule has 0 saturated heterocycles. The maximum atomic E-state index is 6.62. The molecule has 20 heavy (non-hydrogen) atoms. The van der Waals surface area contributed by atoms with Gasteiger partial charge >= 0.3 is 0 Å². The van der Waals surface area contributed by atoms with Gasteiger partial charge in [0.1, 0.15) is 5.75 Å². The summed E-state index contributed by atoms with van der Waals surface area (Å²) in [7, 11) is 1.70. The quantitative estimate of drug-likeness (QED) is 0.726. The van der Waals surface area contributed by atoms with Crippen LogP contribution in [0.1, 0.15) is 26.3 Å². The zero-order chi connectivity index (χ0) is 13.9. The summed E-state index contributed by atoms with van der Waals surface area (Å²) in [6.45, 7) is 0. The van der Waals surface area contributed by atoms with Gasteiger partial charge in [-0.25, -0.2) is 0 Å². The van der Waals surface area contributed by atoms with Crippen molar-refractivity contribution in [3.8, 4) is 5.75 Å². The number of halogens is 1. The summed E-state index contributed by atoms with van der Waals surface area (Å²) in [6.07, 6.45) is 2.05. The predicted molar refractivity (Wildman–Crippen MR) is 89.5 cm³/mol. The molecule has 2 aromatic rings. The average molecular weight is 325 g/mol. The van der Waals surface area contributed by atoms with E-state index >= 15 is 0 Å². The van der Waals surface area contributed by atoms with Crippen molar-refractivity contribution in [2.24, 2.45) is 0 Å². The minimum absolute atomic E-state index is 0.0581. The summed E-state index contributed by atoms with van der Waals surface area (Å²) < 4.78 is 5.27. The lowest BCUT2D eigenvalue weighted by Gasteiger charge is -2.08. The molecule has 0 fully saturated rings. The first-order valence-corrected chi connectivity index (χ1v) is 9.13. The van der Waals surface area contributed by atoms with E-state index in [2.05, 4.69) is 18.2 Å². The molecule has 1 nitrogen and oxygen atoms in total. The molecule has 1 unspecified atom stereocenters. The van der Waals surface area contributed by atoms with Crippen LogP contribution in [0.15, 0.2) is 30.3 Å². The standard InChI is InChI=1S/C16H17ClOS2/c1-18-13-4-2-3-11(7-13)8-14(17)16-9-12-10-19-6-5-15(12)20-16/h2-4,7,9,14H,5-6,8,10H2,1H3. The van der Waals surface area contributed by atoms with E-state index in [1.807, 2.05) is 35.2 Å². The van der Waals surface area contributed by atoms with Gasteiger partial charge in [0.2, 0.25) is 0 Å². The number of ether oxygens (including phenoxy) is 1. The van der Waals surface area contributed by atoms with Crippen LogP contribution in [-0.4, -0.2) is 12.9 Å². The highest BCUT2D eigenvalue weighted by Gasteiger charge is 2.18. The maximum absolute atomic E-state index is 6.62. The summed E-state index contributed by atoms with van der Waals surface area (Å²) in [4.78, 5) is 2.84. The second-order valence-corrected chi connectivity index (χ2v) is 7.72. The molecule has 106 valence electrons. The van der Waals surface area contributed by atoms with E-state index in [1.54, 1.807) is 7.11 Å². The van der Waals surface area contributed by atoms with Crippen LogP contribution in [0.3, 0.4) is 0 Å². The Morgan fingerprint density at radius 3 is 3.05 bits per heavy atom. The number of alkyl halides is 1. The fourth-order valence-corrected chi connectivity index (χ4v) is 5.16. The maximum Gasteiger partial charge on any atom is 0.119 e. The first-order chi connectivity index (χ1) is 9.76. The number of aryl methyl sites for hydroxylation is 1. The van der Waals surface area contributed by atoms with Crippen LogP contribution in [0.25, 0.3) is 0 Å². The molecular weight excluding hydrogens is 308 g/mol. The molecule has 0 bridgehead atoms. The van der Waals surface area contributed by atoms with Crippen LogP contribution in [0, 0.1) is 0 Å². The molecule has 1 aliphatic heterocycles. The van der Waals surface area contributed by atoms with Crippen LogP contribution in [-0.2, 0) is 18.6 Å². The van der Waals surface area contributed by atoms with Crippen molar-refractivity contribution in [2.75, 3.05) is 12.9 Å². The van der Waals surface area contributed by atoms with Crippen molar-refractivity contribution in [1.29, 1.82) is 0 Å². The van der Waals surface area contributed by atoms with E-state index in [-0.39, 0.29) is 5.38 Å². The van der Waals surface area contributed by atoms with Gasteiger partial charge in [-0.1, -0.05) is 12.1 Å². The van der Waals surface area contributed by atoms with Gasteiger partial charge in [-0.3, -0.25) is 0 Å². The summed E-state index contributed by atoms with van der Waals surface area (Å²) in [5.41, 5.74) is 2.72. The fourth-order valence-electron chi connectivity index (χ4n) is 2.43. The van der Waals surface area contributed by atoms with Crippen LogP contribution in [0.5, 0.6) is 5.75 Å². The van der Waals surface area contributed by atoms with Crippen molar-refractivity contribution < 1.29 is 4.74 Å². The summed E-state index contributed by atoms with van der Waals surface area (Å²) in [5, 5.41) is 0.0581. The predicted octanol–water partition coefficient (Wildman–Crippen LogP) is 5.07. The van der Waals surface area contributed by atoms with Crippen molar-refractivity contribution in [1.82, 2.24) is 0 Å². The first-order valence-electron chi connectivity index (χ1n) is 6.72. The topological polar surface area (TPSA) is 9.23 Å². The monoisotopic (exact) mass is 324 g/mol. The molecule has 0 amide bonds. The molecule has 0 saturated carbocycles. The number of thioether (sulfide) groups is 1. The Kier molecular flexibility index (Phi) is 4.59. The van der Waals surface area contributed by atoms with E-state index in [4.69, 9.17) is 16.3 Å². The van der Waals surface area contributed by atoms with E-state index < -0.39 is 0 Å². The Morgan fingerprint density at radius 1 is 1.35 bits per heavy atom. The zero-order valence-electron chi connectivity index (χ0n) is 11.4. The minimum atomic E-state index is 0.0581. The molecule has 1 aromatic heterocycles. The number of hydrogen-bond donors (Lipinski definition) is 0. The number of benzene rings is 1. The lowest BCUT2D eigenvalue weighted by Crippen LogP contribution is -1.96. The van der Waals surface area contributed by atoms with Crippen molar-refractivity contribution in [2.45, 2.75) is 24.0 Å². The minimum Gasteiger partial charge on any atom is -0.497 e. The van der Waals surface area contributed by atoms with Crippen LogP contribution in [0.4, 0.5) is 0 Å². The Hall–Kier alpha value is -0.640. The Balaban J connectivity index is 1.75. The molecule has 0 radical (unpaired) electrons. The number of hydrogen-bond acceptors (Lipinski definition) is 3. The van der Waals surface area contributed by atoms with E-state index in [1.165, 1.54) is 33.1 Å². The molecule has 1 aromatic carbocycles. The second-order valence-electron chi connectivity index (χ2n) is 4.92. The van der Waals surface area contributed by atoms with Crippen LogP contribution < -0.4 is 4.74 Å². The highest BCUT2D eigenvalue weighted by atomic mass is 35.5. The highest BCUT2D eigenvalue weighted by Crippen LogP contribution is 2.37. The van der Waals surface area contributed by atoms with Crippen molar-refractivity contribution >= 4 is 34.7 Å². The Labute approximate surface area is 133 Å². The van der Waals surface area contributed by atoms with Gasteiger partial charge in [-0.15, -0.1) is 22.9 Å². The number of rotatable bonds is 4. The molecule has 1 atom stereocenters. The third-order valence-corrected chi connectivity index (χ3v) is 6.38. The molecule has 2 heterocycles. The van der Waals surface area contributed by atoms with Gasteiger partial charge in [-0.2, -0.15) is 11.8 Å². The molecular formula is C16H17ClOS2. The van der Waals surface area contributed by atoms with Gasteiger partial charge in [0, 0.05) is 15.5 Å². The van der Waals surface area contributed by atoms with E-state index in [0.29, 0.717) is 0 Å². The largest absolute Gasteiger partial charge is 0.497 e. The summed E-state index contributed by atoms with van der Waals surface area (Å²) >= 11 is 10.5. The Bertz CT molecular complexity index is 570. The first kappa shape index (κ1) is 14.3. The number of thiophene rings is 1. The van der Waals surface area contributed by atoms with Gasteiger partial charge < -0.3 is 4.74 Å². The third-order valence-electron chi connectivity index (χ3n) is 3.50. The molecule has 1 aliphatic rings. The SMILES string of the molecule is COc1cccc(CC(Cl)c2cc3c(s2)CCSC3)c1. The fraction of sp³-hybridized carbons (Fsp3) is 0.375. The number of methoxy groups -OCH3 is 1. The second kappa shape index (κ2) is 6.42. The average Bonchev–Trinajstić information content (AvgIpc) is 2.91. The summed E-state index contributed by atoms with van der Waals surface area (Å²) in [5.74, 6) is 3.29. The normalized spacial score (nSPS) is 15.7. The molecule has 0 spiro atoms. The molecule has 0 N–H and O–H groups in total. The highest BCUT2D eigenvalue weighted by molar-refractivity contribution is 7.98. The molecule has 4 heteroatoms. The lowest BCUT2D eigenvalue weighted by molar-refractivity contribution is 0.414. The summed E-state index contributed by atoms with van der Waals surface area (Å²) in [6, 6.07) is 10.5.